The molecule has 0 saturated carbocycles. The molecule has 0 spiro atoms. The van der Waals surface area contributed by atoms with Crippen LogP contribution in [0.4, 0.5) is 0 Å². The molecule has 0 saturated heterocycles. The highest BCUT2D eigenvalue weighted by molar-refractivity contribution is 5.67. The lowest BCUT2D eigenvalue weighted by Crippen LogP contribution is -2.02. The molecule has 2 aromatic rings. The minimum atomic E-state index is -0.787. The molecule has 0 fully saturated rings. The van der Waals surface area contributed by atoms with E-state index in [-0.39, 0.29) is 12.2 Å². The number of aromatic hydroxyl groups is 1. The zero-order valence-corrected chi connectivity index (χ0v) is 13.5. The van der Waals surface area contributed by atoms with Crippen molar-refractivity contribution in [2.45, 2.75) is 39.5 Å². The number of phenols is 1. The molecule has 0 atom stereocenters. The summed E-state index contributed by atoms with van der Waals surface area (Å²) in [5, 5.41) is 18.2. The summed E-state index contributed by atoms with van der Waals surface area (Å²) >= 11 is 0. The van der Waals surface area contributed by atoms with Crippen LogP contribution in [0.15, 0.2) is 36.4 Å². The number of ether oxygens (including phenoxy) is 1. The van der Waals surface area contributed by atoms with E-state index < -0.39 is 5.97 Å². The van der Waals surface area contributed by atoms with Crippen molar-refractivity contribution in [1.82, 2.24) is 0 Å². The fraction of sp³-hybridized carbons (Fsp3) is 0.316. The Bertz CT molecular complexity index is 649. The van der Waals surface area contributed by atoms with Crippen LogP contribution in [0, 0.1) is 0 Å². The average molecular weight is 314 g/mol. The Morgan fingerprint density at radius 3 is 2.09 bits per heavy atom. The molecule has 4 nitrogen and oxygen atoms in total. The van der Waals surface area contributed by atoms with Crippen LogP contribution < -0.4 is 4.74 Å². The first-order valence-corrected chi connectivity index (χ1v) is 7.86. The number of aliphatic carboxylic acids is 1. The quantitative estimate of drug-likeness (QED) is 0.798. The van der Waals surface area contributed by atoms with Gasteiger partial charge in [0.05, 0.1) is 0 Å². The number of phenolic OH excluding ortho intramolecular Hbond substituents is 1. The van der Waals surface area contributed by atoms with Crippen molar-refractivity contribution in [2.75, 3.05) is 0 Å². The van der Waals surface area contributed by atoms with Gasteiger partial charge in [-0.05, 0) is 60.2 Å². The topological polar surface area (TPSA) is 66.8 Å². The van der Waals surface area contributed by atoms with Gasteiger partial charge in [-0.2, -0.15) is 0 Å². The van der Waals surface area contributed by atoms with Crippen LogP contribution in [0.3, 0.4) is 0 Å². The summed E-state index contributed by atoms with van der Waals surface area (Å²) in [5.74, 6) is 0.920. The molecule has 0 unspecified atom stereocenters. The van der Waals surface area contributed by atoms with Crippen LogP contribution in [-0.2, 0) is 24.1 Å². The summed E-state index contributed by atoms with van der Waals surface area (Å²) in [6, 6.07) is 10.7. The zero-order chi connectivity index (χ0) is 16.8. The molecule has 0 heterocycles. The van der Waals surface area contributed by atoms with Crippen LogP contribution in [0.2, 0.25) is 0 Å². The maximum absolute atomic E-state index is 10.8. The highest BCUT2D eigenvalue weighted by Crippen LogP contribution is 2.32. The van der Waals surface area contributed by atoms with Gasteiger partial charge in [0.15, 0.2) is 0 Å². The predicted molar refractivity (Wildman–Crippen MR) is 89.3 cm³/mol. The lowest BCUT2D eigenvalue weighted by atomic mass is 9.98. The number of hydrogen-bond acceptors (Lipinski definition) is 3. The van der Waals surface area contributed by atoms with Crippen molar-refractivity contribution in [2.24, 2.45) is 0 Å². The number of rotatable bonds is 7. The van der Waals surface area contributed by atoms with E-state index in [9.17, 15) is 9.90 Å². The number of aryl methyl sites for hydroxylation is 3. The first-order valence-electron chi connectivity index (χ1n) is 7.86. The monoisotopic (exact) mass is 314 g/mol. The van der Waals surface area contributed by atoms with Gasteiger partial charge in [0.2, 0.25) is 0 Å². The Morgan fingerprint density at radius 2 is 1.61 bits per heavy atom. The average Bonchev–Trinajstić information content (AvgIpc) is 2.55. The van der Waals surface area contributed by atoms with Crippen molar-refractivity contribution in [3.8, 4) is 17.2 Å². The van der Waals surface area contributed by atoms with Gasteiger partial charge in [-0.15, -0.1) is 0 Å². The van der Waals surface area contributed by atoms with E-state index in [1.54, 1.807) is 24.3 Å². The molecule has 0 aromatic heterocycles. The standard InChI is InChI=1S/C19H22O4/c1-3-14-11-13(5-10-18(21)22)12-15(4-2)19(14)23-17-8-6-16(20)7-9-17/h6-9,11-12,20H,3-5,10H2,1-2H3,(H,21,22). The molecule has 4 heteroatoms. The second kappa shape index (κ2) is 7.68. The Balaban J connectivity index is 2.33. The minimum absolute atomic E-state index is 0.129. The molecule has 2 aromatic carbocycles. The van der Waals surface area contributed by atoms with E-state index in [4.69, 9.17) is 9.84 Å². The van der Waals surface area contributed by atoms with Crippen LogP contribution in [-0.4, -0.2) is 16.2 Å². The minimum Gasteiger partial charge on any atom is -0.508 e. The van der Waals surface area contributed by atoms with Gasteiger partial charge in [-0.25, -0.2) is 0 Å². The molecule has 23 heavy (non-hydrogen) atoms. The highest BCUT2D eigenvalue weighted by Gasteiger charge is 2.12. The molecule has 0 bridgehead atoms. The molecule has 0 radical (unpaired) electrons. The predicted octanol–water partition coefficient (Wildman–Crippen LogP) is 4.33. The van der Waals surface area contributed by atoms with Crippen LogP contribution in [0.1, 0.15) is 37.0 Å². The second-order valence-electron chi connectivity index (χ2n) is 5.44. The van der Waals surface area contributed by atoms with E-state index in [0.717, 1.165) is 35.3 Å². The summed E-state index contributed by atoms with van der Waals surface area (Å²) in [6.45, 7) is 4.11. The van der Waals surface area contributed by atoms with E-state index >= 15 is 0 Å². The Kier molecular flexibility index (Phi) is 5.63. The van der Waals surface area contributed by atoms with E-state index in [1.807, 2.05) is 12.1 Å². The summed E-state index contributed by atoms with van der Waals surface area (Å²) in [4.78, 5) is 10.8. The number of carbonyl (C=O) groups is 1. The van der Waals surface area contributed by atoms with Gasteiger partial charge in [-0.3, -0.25) is 4.79 Å². The van der Waals surface area contributed by atoms with Crippen molar-refractivity contribution in [3.05, 3.63) is 53.1 Å². The van der Waals surface area contributed by atoms with Gasteiger partial charge in [-0.1, -0.05) is 26.0 Å². The highest BCUT2D eigenvalue weighted by atomic mass is 16.5. The summed E-state index contributed by atoms with van der Waals surface area (Å²) in [7, 11) is 0. The first kappa shape index (κ1) is 16.9. The summed E-state index contributed by atoms with van der Waals surface area (Å²) in [5.41, 5.74) is 3.16. The maximum Gasteiger partial charge on any atom is 0.303 e. The van der Waals surface area contributed by atoms with Crippen molar-refractivity contribution in [1.29, 1.82) is 0 Å². The van der Waals surface area contributed by atoms with E-state index in [0.29, 0.717) is 12.2 Å². The van der Waals surface area contributed by atoms with Crippen molar-refractivity contribution in [3.63, 3.8) is 0 Å². The fourth-order valence-corrected chi connectivity index (χ4v) is 2.51. The first-order chi connectivity index (χ1) is 11.0. The Morgan fingerprint density at radius 1 is 1.04 bits per heavy atom. The van der Waals surface area contributed by atoms with Crippen LogP contribution in [0.25, 0.3) is 0 Å². The number of hydrogen-bond donors (Lipinski definition) is 2. The molecule has 2 rings (SSSR count). The Labute approximate surface area is 136 Å². The molecular formula is C19H22O4. The molecule has 2 N–H and O–H groups in total. The number of carboxylic acid groups (broad SMARTS) is 1. The van der Waals surface area contributed by atoms with Gasteiger partial charge in [0, 0.05) is 6.42 Å². The smallest absolute Gasteiger partial charge is 0.303 e. The zero-order valence-electron chi connectivity index (χ0n) is 13.5. The fourth-order valence-electron chi connectivity index (χ4n) is 2.51. The largest absolute Gasteiger partial charge is 0.508 e. The molecule has 0 aliphatic carbocycles. The molecular weight excluding hydrogens is 292 g/mol. The molecule has 0 aliphatic rings. The lowest BCUT2D eigenvalue weighted by Gasteiger charge is -2.16. The summed E-state index contributed by atoms with van der Waals surface area (Å²) < 4.78 is 6.03. The van der Waals surface area contributed by atoms with Crippen LogP contribution >= 0.6 is 0 Å². The third kappa shape index (κ3) is 4.49. The molecule has 0 amide bonds. The van der Waals surface area contributed by atoms with Gasteiger partial charge in [0.25, 0.3) is 0 Å². The summed E-state index contributed by atoms with van der Waals surface area (Å²) in [6.07, 6.45) is 2.27. The van der Waals surface area contributed by atoms with Gasteiger partial charge < -0.3 is 14.9 Å². The van der Waals surface area contributed by atoms with E-state index in [2.05, 4.69) is 13.8 Å². The van der Waals surface area contributed by atoms with Gasteiger partial charge >= 0.3 is 5.97 Å². The van der Waals surface area contributed by atoms with Crippen molar-refractivity contribution < 1.29 is 19.7 Å². The third-order valence-corrected chi connectivity index (χ3v) is 3.75. The SMILES string of the molecule is CCc1cc(CCC(=O)O)cc(CC)c1Oc1ccc(O)cc1. The van der Waals surface area contributed by atoms with E-state index in [1.165, 1.54) is 0 Å². The van der Waals surface area contributed by atoms with Crippen molar-refractivity contribution >= 4 is 5.97 Å². The number of benzene rings is 2. The normalized spacial score (nSPS) is 10.5. The van der Waals surface area contributed by atoms with Crippen LogP contribution in [0.5, 0.6) is 17.2 Å². The molecule has 122 valence electrons. The maximum atomic E-state index is 10.8. The Hall–Kier alpha value is -2.49. The van der Waals surface area contributed by atoms with Gasteiger partial charge in [0.1, 0.15) is 17.2 Å². The number of carboxylic acids is 1. The molecule has 0 aliphatic heterocycles. The second-order valence-corrected chi connectivity index (χ2v) is 5.44. The third-order valence-electron chi connectivity index (χ3n) is 3.75. The lowest BCUT2D eigenvalue weighted by molar-refractivity contribution is -0.136.